The lowest BCUT2D eigenvalue weighted by molar-refractivity contribution is 0.647. The highest BCUT2D eigenvalue weighted by molar-refractivity contribution is 6.20. The summed E-state index contributed by atoms with van der Waals surface area (Å²) in [5.41, 5.74) is 13.9. The Morgan fingerprint density at radius 1 is 0.328 bits per heavy atom. The Morgan fingerprint density at radius 3 is 1.75 bits per heavy atom. The van der Waals surface area contributed by atoms with E-state index < -0.39 is 0 Å². The Bertz CT molecular complexity index is 3880. The largest absolute Gasteiger partial charge is 0.456 e. The van der Waals surface area contributed by atoms with E-state index >= 15 is 0 Å². The Kier molecular flexibility index (Phi) is 7.92. The minimum Gasteiger partial charge on any atom is -0.456 e. The summed E-state index contributed by atoms with van der Waals surface area (Å²) in [6, 6.07) is 71.4. The Balaban J connectivity index is 1.05. The molecule has 0 unspecified atom stereocenters. The van der Waals surface area contributed by atoms with E-state index in [1.165, 1.54) is 60.3 Å². The highest BCUT2D eigenvalue weighted by Gasteiger charge is 2.36. The first kappa shape index (κ1) is 36.4. The SMILES string of the molecule is CC1(C)c2ccccc2-c2cc3c(cc21)oc1cccc(-c2nc(-c4cccc(-c5ccccc5-c5ccccc5)c4)nc(-c4ccc5ccc6ccc7ccccc7c6c5c4)n2)c13. The second-order valence-corrected chi connectivity index (χ2v) is 17.5. The summed E-state index contributed by atoms with van der Waals surface area (Å²) in [6.45, 7) is 4.61. The van der Waals surface area contributed by atoms with Crippen LogP contribution in [0.3, 0.4) is 0 Å². The molecule has 0 N–H and O–H groups in total. The van der Waals surface area contributed by atoms with Crippen LogP contribution in [0.15, 0.2) is 205 Å². The van der Waals surface area contributed by atoms with Gasteiger partial charge in [-0.3, -0.25) is 0 Å². The van der Waals surface area contributed by atoms with Gasteiger partial charge in [-0.05, 0) is 107 Å². The molecular weight excluding hydrogens is 779 g/mol. The molecule has 0 atom stereocenters. The molecule has 4 heteroatoms. The van der Waals surface area contributed by atoms with Crippen molar-refractivity contribution in [3.63, 3.8) is 0 Å². The van der Waals surface area contributed by atoms with Gasteiger partial charge in [-0.25, -0.2) is 15.0 Å². The fourth-order valence-electron chi connectivity index (χ4n) is 10.4. The molecule has 0 aliphatic heterocycles. The normalized spacial score (nSPS) is 13.0. The number of fused-ring (bicyclic) bond motifs is 11. The lowest BCUT2D eigenvalue weighted by Crippen LogP contribution is -2.14. The molecule has 2 aromatic heterocycles. The minimum absolute atomic E-state index is 0.145. The standard InChI is InChI=1S/C60H39N3O/c1-60(2)51-24-11-10-22-46(51)49-34-50-54(35-52(49)60)64-53-25-13-23-47(56(50)53)59-62-57(41-18-12-17-40(32-41)44-20-9-8-19-43(44)36-14-4-3-5-15-36)61-58(63-59)42-31-28-38-27-30-39-29-26-37-16-6-7-21-45(37)55(39)48(38)33-42/h3-35H,1-2H3. The lowest BCUT2D eigenvalue weighted by Gasteiger charge is -2.21. The highest BCUT2D eigenvalue weighted by Crippen LogP contribution is 2.51. The highest BCUT2D eigenvalue weighted by atomic mass is 16.3. The van der Waals surface area contributed by atoms with Gasteiger partial charge in [0.25, 0.3) is 0 Å². The van der Waals surface area contributed by atoms with Gasteiger partial charge in [-0.1, -0.05) is 184 Å². The fourth-order valence-corrected chi connectivity index (χ4v) is 10.4. The summed E-state index contributed by atoms with van der Waals surface area (Å²) in [4.78, 5) is 16.1. The summed E-state index contributed by atoms with van der Waals surface area (Å²) in [5, 5.41) is 9.23. The van der Waals surface area contributed by atoms with Gasteiger partial charge < -0.3 is 4.42 Å². The molecule has 0 radical (unpaired) electrons. The summed E-state index contributed by atoms with van der Waals surface area (Å²) in [6.07, 6.45) is 0. The molecule has 4 nitrogen and oxygen atoms in total. The quantitative estimate of drug-likeness (QED) is 0.162. The van der Waals surface area contributed by atoms with Crippen molar-refractivity contribution in [1.82, 2.24) is 15.0 Å². The van der Waals surface area contributed by atoms with Crippen LogP contribution in [0.2, 0.25) is 0 Å². The number of hydrogen-bond acceptors (Lipinski definition) is 4. The van der Waals surface area contributed by atoms with Gasteiger partial charge in [-0.2, -0.15) is 0 Å². The maximum atomic E-state index is 6.73. The molecule has 300 valence electrons. The van der Waals surface area contributed by atoms with Crippen molar-refractivity contribution in [2.24, 2.45) is 0 Å². The number of nitrogens with zero attached hydrogens (tertiary/aromatic N) is 3. The van der Waals surface area contributed by atoms with Crippen LogP contribution in [0.4, 0.5) is 0 Å². The predicted molar refractivity (Wildman–Crippen MR) is 264 cm³/mol. The molecule has 0 saturated heterocycles. The number of furan rings is 1. The first-order valence-electron chi connectivity index (χ1n) is 21.9. The van der Waals surface area contributed by atoms with E-state index in [2.05, 4.69) is 208 Å². The van der Waals surface area contributed by atoms with Crippen molar-refractivity contribution in [3.05, 3.63) is 211 Å². The van der Waals surface area contributed by atoms with Gasteiger partial charge in [0.05, 0.1) is 0 Å². The molecule has 13 rings (SSSR count). The van der Waals surface area contributed by atoms with Crippen LogP contribution < -0.4 is 0 Å². The minimum atomic E-state index is -0.145. The van der Waals surface area contributed by atoms with E-state index in [0.29, 0.717) is 17.5 Å². The van der Waals surface area contributed by atoms with E-state index in [4.69, 9.17) is 19.4 Å². The van der Waals surface area contributed by atoms with Gasteiger partial charge in [0.15, 0.2) is 17.5 Å². The van der Waals surface area contributed by atoms with E-state index in [1.807, 2.05) is 6.07 Å². The maximum absolute atomic E-state index is 6.73. The first-order valence-corrected chi connectivity index (χ1v) is 21.9. The van der Waals surface area contributed by atoms with Crippen LogP contribution >= 0.6 is 0 Å². The van der Waals surface area contributed by atoms with Gasteiger partial charge in [-0.15, -0.1) is 0 Å². The smallest absolute Gasteiger partial charge is 0.164 e. The molecular formula is C60H39N3O. The van der Waals surface area contributed by atoms with Gasteiger partial charge in [0, 0.05) is 32.9 Å². The zero-order chi connectivity index (χ0) is 42.5. The van der Waals surface area contributed by atoms with E-state index in [1.54, 1.807) is 0 Å². The Morgan fingerprint density at radius 2 is 0.922 bits per heavy atom. The van der Waals surface area contributed by atoms with Crippen LogP contribution in [0.25, 0.3) is 122 Å². The molecule has 0 saturated carbocycles. The predicted octanol–water partition coefficient (Wildman–Crippen LogP) is 15.9. The third-order valence-electron chi connectivity index (χ3n) is 13.5. The van der Waals surface area contributed by atoms with Crippen molar-refractivity contribution in [2.75, 3.05) is 0 Å². The Labute approximate surface area is 370 Å². The molecule has 0 amide bonds. The first-order chi connectivity index (χ1) is 31.5. The summed E-state index contributed by atoms with van der Waals surface area (Å²) >= 11 is 0. The summed E-state index contributed by atoms with van der Waals surface area (Å²) in [7, 11) is 0. The molecule has 2 heterocycles. The van der Waals surface area contributed by atoms with E-state index in [9.17, 15) is 0 Å². The molecule has 12 aromatic rings. The molecule has 1 aliphatic rings. The van der Waals surface area contributed by atoms with Crippen molar-refractivity contribution in [3.8, 4) is 67.5 Å². The van der Waals surface area contributed by atoms with Gasteiger partial charge in [0.2, 0.25) is 0 Å². The molecule has 1 aliphatic carbocycles. The average molecular weight is 818 g/mol. The molecule has 0 fully saturated rings. The number of aromatic nitrogens is 3. The van der Waals surface area contributed by atoms with Gasteiger partial charge >= 0.3 is 0 Å². The third kappa shape index (κ3) is 5.59. The summed E-state index contributed by atoms with van der Waals surface area (Å²) < 4.78 is 6.73. The molecule has 0 spiro atoms. The van der Waals surface area contributed by atoms with Crippen LogP contribution in [0.1, 0.15) is 25.0 Å². The maximum Gasteiger partial charge on any atom is 0.164 e. The van der Waals surface area contributed by atoms with Crippen LogP contribution in [-0.4, -0.2) is 15.0 Å². The van der Waals surface area contributed by atoms with Crippen molar-refractivity contribution >= 4 is 54.3 Å². The molecule has 64 heavy (non-hydrogen) atoms. The monoisotopic (exact) mass is 817 g/mol. The summed E-state index contributed by atoms with van der Waals surface area (Å²) in [5.74, 6) is 1.80. The number of rotatable bonds is 5. The van der Waals surface area contributed by atoms with Crippen LogP contribution in [0.5, 0.6) is 0 Å². The number of benzene rings is 10. The van der Waals surface area contributed by atoms with E-state index in [-0.39, 0.29) is 5.41 Å². The van der Waals surface area contributed by atoms with Crippen molar-refractivity contribution < 1.29 is 4.42 Å². The lowest BCUT2D eigenvalue weighted by atomic mass is 9.82. The fraction of sp³-hybridized carbons (Fsp3) is 0.0500. The second-order valence-electron chi connectivity index (χ2n) is 17.5. The molecule has 0 bridgehead atoms. The third-order valence-corrected chi connectivity index (χ3v) is 13.5. The second kappa shape index (κ2) is 13.9. The average Bonchev–Trinajstić information content (AvgIpc) is 3.83. The van der Waals surface area contributed by atoms with Crippen molar-refractivity contribution in [1.29, 1.82) is 0 Å². The zero-order valence-corrected chi connectivity index (χ0v) is 35.3. The van der Waals surface area contributed by atoms with Crippen molar-refractivity contribution in [2.45, 2.75) is 19.3 Å². The Hall–Kier alpha value is -8.21. The van der Waals surface area contributed by atoms with Crippen LogP contribution in [0, 0.1) is 0 Å². The van der Waals surface area contributed by atoms with Gasteiger partial charge in [0.1, 0.15) is 11.2 Å². The topological polar surface area (TPSA) is 51.8 Å². The van der Waals surface area contributed by atoms with E-state index in [0.717, 1.165) is 55.1 Å². The zero-order valence-electron chi connectivity index (χ0n) is 35.3. The number of hydrogen-bond donors (Lipinski definition) is 0. The van der Waals surface area contributed by atoms with Crippen LogP contribution in [-0.2, 0) is 5.41 Å². The molecule has 10 aromatic carbocycles.